The molecule has 2 rings (SSSR count). The third kappa shape index (κ3) is 2.66. The lowest BCUT2D eigenvalue weighted by Gasteiger charge is -2.24. The van der Waals surface area contributed by atoms with Crippen LogP contribution in [0.2, 0.25) is 0 Å². The summed E-state index contributed by atoms with van der Waals surface area (Å²) in [5, 5.41) is 10.1. The Morgan fingerprint density at radius 1 is 1.28 bits per heavy atom. The Kier molecular flexibility index (Phi) is 3.89. The highest BCUT2D eigenvalue weighted by Crippen LogP contribution is 2.36. The van der Waals surface area contributed by atoms with Gasteiger partial charge in [0.15, 0.2) is 5.69 Å². The van der Waals surface area contributed by atoms with Gasteiger partial charge in [0.2, 0.25) is 0 Å². The Labute approximate surface area is 104 Å². The molecular weight excluding hydrogens is 245 g/mol. The van der Waals surface area contributed by atoms with Crippen LogP contribution < -0.4 is 5.32 Å². The van der Waals surface area contributed by atoms with Gasteiger partial charge < -0.3 is 5.32 Å². The highest BCUT2D eigenvalue weighted by Gasteiger charge is 2.40. The van der Waals surface area contributed by atoms with Gasteiger partial charge in [-0.2, -0.15) is 13.2 Å². The summed E-state index contributed by atoms with van der Waals surface area (Å²) >= 11 is 0. The van der Waals surface area contributed by atoms with Gasteiger partial charge in [0.1, 0.15) is 5.69 Å². The zero-order valence-corrected chi connectivity index (χ0v) is 10.3. The molecule has 0 bridgehead atoms. The van der Waals surface area contributed by atoms with Crippen LogP contribution in [0.5, 0.6) is 0 Å². The van der Waals surface area contributed by atoms with Crippen LogP contribution in [-0.4, -0.2) is 22.0 Å². The van der Waals surface area contributed by atoms with Crippen molar-refractivity contribution in [3.8, 4) is 0 Å². The van der Waals surface area contributed by atoms with Crippen molar-refractivity contribution in [1.82, 2.24) is 20.3 Å². The number of nitrogens with zero attached hydrogens (tertiary/aromatic N) is 3. The smallest absolute Gasteiger partial charge is 0.314 e. The molecule has 0 unspecified atom stereocenters. The Bertz CT molecular complexity index is 393. The van der Waals surface area contributed by atoms with E-state index in [2.05, 4.69) is 15.6 Å². The molecule has 1 aliphatic rings. The van der Waals surface area contributed by atoms with Gasteiger partial charge in [-0.15, -0.1) is 5.10 Å². The number of rotatable bonds is 3. The molecule has 0 amide bonds. The number of aromatic nitrogens is 3. The number of nitrogens with one attached hydrogen (secondary N) is 1. The molecule has 1 heterocycles. The van der Waals surface area contributed by atoms with E-state index in [-0.39, 0.29) is 18.3 Å². The zero-order valence-electron chi connectivity index (χ0n) is 10.3. The molecule has 0 aromatic carbocycles. The van der Waals surface area contributed by atoms with Gasteiger partial charge in [-0.25, -0.2) is 4.68 Å². The molecule has 0 saturated heterocycles. The molecule has 1 saturated carbocycles. The monoisotopic (exact) mass is 262 g/mol. The summed E-state index contributed by atoms with van der Waals surface area (Å²) in [6.45, 7) is 0.0849. The van der Waals surface area contributed by atoms with Gasteiger partial charge in [-0.3, -0.25) is 0 Å². The summed E-state index contributed by atoms with van der Waals surface area (Å²) in [6.07, 6.45) is 0.131. The summed E-state index contributed by atoms with van der Waals surface area (Å²) in [4.78, 5) is 0. The maximum atomic E-state index is 13.1. The van der Waals surface area contributed by atoms with Crippen LogP contribution in [0.1, 0.15) is 49.5 Å². The number of halogens is 3. The summed E-state index contributed by atoms with van der Waals surface area (Å²) in [5.74, 6) is 0. The van der Waals surface area contributed by atoms with E-state index in [1.807, 2.05) is 0 Å². The number of hydrogen-bond donors (Lipinski definition) is 1. The van der Waals surface area contributed by atoms with E-state index in [4.69, 9.17) is 0 Å². The first kappa shape index (κ1) is 13.3. The van der Waals surface area contributed by atoms with Crippen LogP contribution in [0.4, 0.5) is 13.2 Å². The Balaban J connectivity index is 2.34. The molecule has 1 aromatic rings. The molecule has 0 spiro atoms. The van der Waals surface area contributed by atoms with Crippen molar-refractivity contribution in [3.63, 3.8) is 0 Å². The van der Waals surface area contributed by atoms with Gasteiger partial charge >= 0.3 is 6.18 Å². The van der Waals surface area contributed by atoms with Crippen LogP contribution in [-0.2, 0) is 12.7 Å². The number of alkyl halides is 3. The average Bonchev–Trinajstić information content (AvgIpc) is 2.74. The SMILES string of the molecule is CNCc1nnn(C2CCCCC2)c1C(F)(F)F. The van der Waals surface area contributed by atoms with Crippen LogP contribution >= 0.6 is 0 Å². The fourth-order valence-corrected chi connectivity index (χ4v) is 2.49. The summed E-state index contributed by atoms with van der Waals surface area (Å²) < 4.78 is 40.4. The van der Waals surface area contributed by atoms with E-state index < -0.39 is 11.9 Å². The Hall–Kier alpha value is -1.11. The van der Waals surface area contributed by atoms with Gasteiger partial charge in [-0.1, -0.05) is 24.5 Å². The lowest BCUT2D eigenvalue weighted by Crippen LogP contribution is -2.23. The van der Waals surface area contributed by atoms with Crippen molar-refractivity contribution < 1.29 is 13.2 Å². The van der Waals surface area contributed by atoms with E-state index in [1.54, 1.807) is 7.05 Å². The molecule has 1 aromatic heterocycles. The second-order valence-corrected chi connectivity index (χ2v) is 4.65. The first-order valence-corrected chi connectivity index (χ1v) is 6.20. The third-order valence-electron chi connectivity index (χ3n) is 3.30. The lowest BCUT2D eigenvalue weighted by molar-refractivity contribution is -0.145. The molecular formula is C11H17F3N4. The molecule has 102 valence electrons. The van der Waals surface area contributed by atoms with E-state index in [1.165, 1.54) is 0 Å². The normalized spacial score (nSPS) is 18.2. The number of hydrogen-bond acceptors (Lipinski definition) is 3. The van der Waals surface area contributed by atoms with Crippen LogP contribution in [0, 0.1) is 0 Å². The maximum absolute atomic E-state index is 13.1. The second-order valence-electron chi connectivity index (χ2n) is 4.65. The van der Waals surface area contributed by atoms with Crippen molar-refractivity contribution in [1.29, 1.82) is 0 Å². The van der Waals surface area contributed by atoms with E-state index in [9.17, 15) is 13.2 Å². The fraction of sp³-hybridized carbons (Fsp3) is 0.818. The molecule has 1 N–H and O–H groups in total. The second kappa shape index (κ2) is 5.26. The molecule has 1 fully saturated rings. The van der Waals surface area contributed by atoms with Crippen molar-refractivity contribution >= 4 is 0 Å². The Morgan fingerprint density at radius 2 is 1.94 bits per heavy atom. The predicted octanol–water partition coefficient (Wildman–Crippen LogP) is 2.52. The molecule has 4 nitrogen and oxygen atoms in total. The van der Waals surface area contributed by atoms with Crippen molar-refractivity contribution in [3.05, 3.63) is 11.4 Å². The maximum Gasteiger partial charge on any atom is 0.434 e. The minimum Gasteiger partial charge on any atom is -0.314 e. The quantitative estimate of drug-likeness (QED) is 0.910. The molecule has 7 heteroatoms. The van der Waals surface area contributed by atoms with Crippen LogP contribution in [0.3, 0.4) is 0 Å². The highest BCUT2D eigenvalue weighted by molar-refractivity contribution is 5.15. The van der Waals surface area contributed by atoms with Crippen molar-refractivity contribution in [2.75, 3.05) is 7.05 Å². The van der Waals surface area contributed by atoms with E-state index in [0.29, 0.717) is 0 Å². The van der Waals surface area contributed by atoms with Crippen LogP contribution in [0.25, 0.3) is 0 Å². The largest absolute Gasteiger partial charge is 0.434 e. The molecule has 18 heavy (non-hydrogen) atoms. The fourth-order valence-electron chi connectivity index (χ4n) is 2.49. The summed E-state index contributed by atoms with van der Waals surface area (Å²) in [6, 6.07) is -0.159. The van der Waals surface area contributed by atoms with E-state index in [0.717, 1.165) is 36.8 Å². The first-order chi connectivity index (χ1) is 8.54. The molecule has 1 aliphatic carbocycles. The third-order valence-corrected chi connectivity index (χ3v) is 3.30. The van der Waals surface area contributed by atoms with Crippen molar-refractivity contribution in [2.45, 2.75) is 50.9 Å². The lowest BCUT2D eigenvalue weighted by atomic mass is 9.95. The minimum absolute atomic E-state index is 0.0180. The van der Waals surface area contributed by atoms with E-state index >= 15 is 0 Å². The minimum atomic E-state index is -4.40. The molecule has 0 radical (unpaired) electrons. The summed E-state index contributed by atoms with van der Waals surface area (Å²) in [5.41, 5.74) is -0.709. The van der Waals surface area contributed by atoms with Gasteiger partial charge in [0, 0.05) is 6.54 Å². The van der Waals surface area contributed by atoms with Gasteiger partial charge in [0.05, 0.1) is 6.04 Å². The van der Waals surface area contributed by atoms with Gasteiger partial charge in [0.25, 0.3) is 0 Å². The topological polar surface area (TPSA) is 42.7 Å². The molecule has 0 atom stereocenters. The van der Waals surface area contributed by atoms with Crippen LogP contribution in [0.15, 0.2) is 0 Å². The van der Waals surface area contributed by atoms with Crippen molar-refractivity contribution in [2.24, 2.45) is 0 Å². The predicted molar refractivity (Wildman–Crippen MR) is 59.9 cm³/mol. The summed E-state index contributed by atoms with van der Waals surface area (Å²) in [7, 11) is 1.60. The standard InChI is InChI=1S/C11H17F3N4/c1-15-7-9-10(11(12,13)14)18(17-16-9)8-5-3-2-4-6-8/h8,15H,2-7H2,1H3. The Morgan fingerprint density at radius 3 is 2.50 bits per heavy atom. The highest BCUT2D eigenvalue weighted by atomic mass is 19.4. The first-order valence-electron chi connectivity index (χ1n) is 6.20. The average molecular weight is 262 g/mol. The zero-order chi connectivity index (χ0) is 13.2. The molecule has 0 aliphatic heterocycles. The van der Waals surface area contributed by atoms with Gasteiger partial charge in [-0.05, 0) is 19.9 Å².